The van der Waals surface area contributed by atoms with Gasteiger partial charge in [-0.25, -0.2) is 0 Å². The Kier molecular flexibility index (Phi) is 6.26. The van der Waals surface area contributed by atoms with E-state index < -0.39 is 0 Å². The van der Waals surface area contributed by atoms with Gasteiger partial charge in [-0.1, -0.05) is 6.42 Å². The van der Waals surface area contributed by atoms with E-state index in [1.54, 1.807) is 0 Å². The molecular formula is C15H30N4O. The van der Waals surface area contributed by atoms with Crippen molar-refractivity contribution in [3.63, 3.8) is 0 Å². The lowest BCUT2D eigenvalue weighted by molar-refractivity contribution is -0.126. The monoisotopic (exact) mass is 282 g/mol. The van der Waals surface area contributed by atoms with Crippen LogP contribution in [0.25, 0.3) is 0 Å². The molecule has 1 amide bonds. The summed E-state index contributed by atoms with van der Waals surface area (Å²) >= 11 is 0. The van der Waals surface area contributed by atoms with Crippen molar-refractivity contribution in [2.45, 2.75) is 32.2 Å². The zero-order chi connectivity index (χ0) is 14.4. The second-order valence-corrected chi connectivity index (χ2v) is 6.21. The third-order valence-electron chi connectivity index (χ3n) is 4.64. The van der Waals surface area contributed by atoms with E-state index in [0.29, 0.717) is 0 Å². The summed E-state index contributed by atoms with van der Waals surface area (Å²) in [5.41, 5.74) is 0. The second-order valence-electron chi connectivity index (χ2n) is 6.21. The molecule has 116 valence electrons. The summed E-state index contributed by atoms with van der Waals surface area (Å²) in [5.74, 6) is 0.195. The maximum atomic E-state index is 12.2. The van der Waals surface area contributed by atoms with Crippen molar-refractivity contribution in [1.29, 1.82) is 0 Å². The van der Waals surface area contributed by atoms with E-state index in [-0.39, 0.29) is 11.9 Å². The Hall–Kier alpha value is -0.650. The van der Waals surface area contributed by atoms with Gasteiger partial charge in [0.2, 0.25) is 5.91 Å². The largest absolute Gasteiger partial charge is 0.353 e. The Bertz CT molecular complexity index is 296. The predicted molar refractivity (Wildman–Crippen MR) is 81.8 cm³/mol. The van der Waals surface area contributed by atoms with Gasteiger partial charge in [-0.2, -0.15) is 0 Å². The lowest BCUT2D eigenvalue weighted by Crippen LogP contribution is -2.50. The quantitative estimate of drug-likeness (QED) is 0.783. The summed E-state index contributed by atoms with van der Waals surface area (Å²) in [4.78, 5) is 19.3. The third-order valence-corrected chi connectivity index (χ3v) is 4.64. The van der Waals surface area contributed by atoms with E-state index in [9.17, 15) is 4.79 Å². The minimum absolute atomic E-state index is 0.0304. The van der Waals surface area contributed by atoms with Crippen molar-refractivity contribution in [2.24, 2.45) is 0 Å². The molecule has 0 radical (unpaired) electrons. The minimum atomic E-state index is 0.0304. The van der Waals surface area contributed by atoms with Crippen molar-refractivity contribution in [3.8, 4) is 0 Å². The van der Waals surface area contributed by atoms with Gasteiger partial charge in [0.1, 0.15) is 0 Å². The number of nitrogens with zero attached hydrogens (tertiary/aromatic N) is 3. The van der Waals surface area contributed by atoms with Crippen LogP contribution in [0.2, 0.25) is 0 Å². The molecular weight excluding hydrogens is 252 g/mol. The molecule has 1 atom stereocenters. The van der Waals surface area contributed by atoms with E-state index >= 15 is 0 Å². The Morgan fingerprint density at radius 1 is 1.05 bits per heavy atom. The summed E-state index contributed by atoms with van der Waals surface area (Å²) in [7, 11) is 2.17. The van der Waals surface area contributed by atoms with Gasteiger partial charge in [0, 0.05) is 39.3 Å². The molecule has 5 nitrogen and oxygen atoms in total. The van der Waals surface area contributed by atoms with Crippen LogP contribution in [0.3, 0.4) is 0 Å². The molecule has 0 aliphatic carbocycles. The van der Waals surface area contributed by atoms with E-state index in [2.05, 4.69) is 27.1 Å². The van der Waals surface area contributed by atoms with E-state index in [0.717, 1.165) is 52.4 Å². The maximum Gasteiger partial charge on any atom is 0.237 e. The normalized spacial score (nSPS) is 24.5. The molecule has 2 fully saturated rings. The van der Waals surface area contributed by atoms with Gasteiger partial charge in [-0.3, -0.25) is 14.6 Å². The van der Waals surface area contributed by atoms with E-state index in [4.69, 9.17) is 0 Å². The Balaban J connectivity index is 1.61. The summed E-state index contributed by atoms with van der Waals surface area (Å²) < 4.78 is 0. The fourth-order valence-corrected chi connectivity index (χ4v) is 3.03. The van der Waals surface area contributed by atoms with Crippen LogP contribution in [0.4, 0.5) is 0 Å². The first-order valence-corrected chi connectivity index (χ1v) is 8.09. The smallest absolute Gasteiger partial charge is 0.237 e. The zero-order valence-corrected chi connectivity index (χ0v) is 13.1. The number of amides is 1. The summed E-state index contributed by atoms with van der Waals surface area (Å²) in [5, 5.41) is 3.10. The van der Waals surface area contributed by atoms with Crippen LogP contribution < -0.4 is 5.32 Å². The topological polar surface area (TPSA) is 38.8 Å². The SMILES string of the molecule is C[C@H](C(=O)NCCN1CCN(C)CC1)N1CCCCC1. The van der Waals surface area contributed by atoms with Crippen LogP contribution in [0, 0.1) is 0 Å². The number of hydrogen-bond donors (Lipinski definition) is 1. The highest BCUT2D eigenvalue weighted by atomic mass is 16.2. The molecule has 2 heterocycles. The lowest BCUT2D eigenvalue weighted by atomic mass is 10.1. The van der Waals surface area contributed by atoms with Gasteiger partial charge in [0.05, 0.1) is 6.04 Å². The van der Waals surface area contributed by atoms with Crippen molar-refractivity contribution in [1.82, 2.24) is 20.0 Å². The molecule has 2 aliphatic rings. The molecule has 2 rings (SSSR count). The van der Waals surface area contributed by atoms with Gasteiger partial charge < -0.3 is 10.2 Å². The van der Waals surface area contributed by atoms with E-state index in [1.165, 1.54) is 19.3 Å². The Morgan fingerprint density at radius 3 is 2.35 bits per heavy atom. The van der Waals surface area contributed by atoms with Crippen LogP contribution in [-0.4, -0.2) is 86.1 Å². The molecule has 5 heteroatoms. The minimum Gasteiger partial charge on any atom is -0.353 e. The van der Waals surface area contributed by atoms with Crippen LogP contribution >= 0.6 is 0 Å². The lowest BCUT2D eigenvalue weighted by Gasteiger charge is -2.33. The number of piperazine rings is 1. The molecule has 0 aromatic heterocycles. The predicted octanol–water partition coefficient (Wildman–Crippen LogP) is 0.224. The van der Waals surface area contributed by atoms with Crippen molar-refractivity contribution in [3.05, 3.63) is 0 Å². The standard InChI is InChI=1S/C15H30N4O/c1-14(19-7-4-3-5-8-19)15(20)16-6-9-18-12-10-17(2)11-13-18/h14H,3-13H2,1-2H3,(H,16,20)/t14-/m1/s1. The molecule has 1 N–H and O–H groups in total. The maximum absolute atomic E-state index is 12.2. The van der Waals surface area contributed by atoms with Gasteiger partial charge in [0.15, 0.2) is 0 Å². The zero-order valence-electron chi connectivity index (χ0n) is 13.1. The highest BCUT2D eigenvalue weighted by molar-refractivity contribution is 5.81. The number of likely N-dealkylation sites (N-methyl/N-ethyl adjacent to an activating group) is 1. The second kappa shape index (κ2) is 7.96. The van der Waals surface area contributed by atoms with Crippen molar-refractivity contribution >= 4 is 5.91 Å². The number of piperidine rings is 1. The Labute approximate surface area is 123 Å². The average Bonchev–Trinajstić information content (AvgIpc) is 2.49. The van der Waals surface area contributed by atoms with Gasteiger partial charge in [-0.05, 0) is 39.9 Å². The number of carbonyl (C=O) groups excluding carboxylic acids is 1. The van der Waals surface area contributed by atoms with Crippen molar-refractivity contribution < 1.29 is 4.79 Å². The van der Waals surface area contributed by atoms with E-state index in [1.807, 2.05) is 6.92 Å². The molecule has 0 saturated carbocycles. The Morgan fingerprint density at radius 2 is 1.70 bits per heavy atom. The van der Waals surface area contributed by atoms with Gasteiger partial charge >= 0.3 is 0 Å². The van der Waals surface area contributed by atoms with Gasteiger partial charge in [-0.15, -0.1) is 0 Å². The summed E-state index contributed by atoms with van der Waals surface area (Å²) in [6, 6.07) is 0.0304. The van der Waals surface area contributed by atoms with Crippen LogP contribution in [0.5, 0.6) is 0 Å². The highest BCUT2D eigenvalue weighted by Crippen LogP contribution is 2.11. The number of hydrogen-bond acceptors (Lipinski definition) is 4. The van der Waals surface area contributed by atoms with Crippen LogP contribution in [-0.2, 0) is 4.79 Å². The highest BCUT2D eigenvalue weighted by Gasteiger charge is 2.22. The molecule has 0 spiro atoms. The fraction of sp³-hybridized carbons (Fsp3) is 0.933. The molecule has 0 bridgehead atoms. The number of likely N-dealkylation sites (tertiary alicyclic amines) is 1. The molecule has 20 heavy (non-hydrogen) atoms. The van der Waals surface area contributed by atoms with Crippen molar-refractivity contribution in [2.75, 3.05) is 59.4 Å². The number of rotatable bonds is 5. The molecule has 0 aromatic rings. The number of nitrogens with one attached hydrogen (secondary N) is 1. The number of carbonyl (C=O) groups is 1. The van der Waals surface area contributed by atoms with Crippen LogP contribution in [0.15, 0.2) is 0 Å². The first kappa shape index (κ1) is 15.7. The molecule has 2 saturated heterocycles. The molecule has 0 unspecified atom stereocenters. The summed E-state index contributed by atoms with van der Waals surface area (Å²) in [6.07, 6.45) is 3.78. The third kappa shape index (κ3) is 4.72. The first-order chi connectivity index (χ1) is 9.66. The molecule has 2 aliphatic heterocycles. The van der Waals surface area contributed by atoms with Crippen LogP contribution in [0.1, 0.15) is 26.2 Å². The summed E-state index contributed by atoms with van der Waals surface area (Å²) in [6.45, 7) is 10.5. The first-order valence-electron chi connectivity index (χ1n) is 8.09. The molecule has 0 aromatic carbocycles. The van der Waals surface area contributed by atoms with Gasteiger partial charge in [0.25, 0.3) is 0 Å². The fourth-order valence-electron chi connectivity index (χ4n) is 3.03. The average molecular weight is 282 g/mol.